The van der Waals surface area contributed by atoms with Crippen LogP contribution in [0.2, 0.25) is 0 Å². The molecular weight excluding hydrogens is 264 g/mol. The Morgan fingerprint density at radius 2 is 0.462 bits per heavy atom. The molecule has 0 saturated carbocycles. The number of rotatable bonds is 0. The van der Waals surface area contributed by atoms with Gasteiger partial charge in [-0.3, -0.25) is 0 Å². The molecule has 0 heterocycles. The van der Waals surface area contributed by atoms with E-state index in [-0.39, 0.29) is 57.8 Å². The van der Waals surface area contributed by atoms with Crippen molar-refractivity contribution in [2.24, 2.45) is 0 Å². The molecule has 0 spiro atoms. The van der Waals surface area contributed by atoms with Crippen molar-refractivity contribution in [1.29, 1.82) is 0 Å². The Balaban J connectivity index is -0.00000000286. The molecule has 0 rings (SSSR count). The van der Waals surface area contributed by atoms with E-state index in [1.54, 1.807) is 0 Å². The molecule has 90 valence electrons. The van der Waals surface area contributed by atoms with Crippen LogP contribution >= 0.6 is 0 Å². The maximum absolute atomic E-state index is 9.75. The summed E-state index contributed by atoms with van der Waals surface area (Å²) in [5.41, 5.74) is 0. The topological polar surface area (TPSA) is 220 Å². The minimum Gasteiger partial charge on any atom is -0.418 e. The van der Waals surface area contributed by atoms with Gasteiger partial charge in [0, 0.05) is 19.5 Å². The van der Waals surface area contributed by atoms with Gasteiger partial charge in [-0.25, -0.2) is 0 Å². The summed E-state index contributed by atoms with van der Waals surface area (Å²) in [6.45, 7) is 0. The van der Waals surface area contributed by atoms with Gasteiger partial charge in [0.2, 0.25) is 0 Å². The fourth-order valence-electron chi connectivity index (χ4n) is 0. The number of hydrogen-bond acceptors (Lipinski definition) is 0. The fourth-order valence-corrected chi connectivity index (χ4v) is 0. The molecule has 0 amide bonds. The number of halogens is 4. The van der Waals surface area contributed by atoms with Crippen LogP contribution in [0.4, 0.5) is 17.3 Å². The SMILES string of the molecule is F[B-](F)(F)F.O.O.O.O.O.O.O.[Zn]. The molecule has 0 aromatic rings. The zero-order valence-electron chi connectivity index (χ0n) is 6.30. The molecule has 0 aromatic carbocycles. The van der Waals surface area contributed by atoms with Gasteiger partial charge in [0.1, 0.15) is 0 Å². The van der Waals surface area contributed by atoms with Crippen LogP contribution in [0.5, 0.6) is 0 Å². The first-order valence-electron chi connectivity index (χ1n) is 0.873. The van der Waals surface area contributed by atoms with Gasteiger partial charge in [-0.1, -0.05) is 0 Å². The van der Waals surface area contributed by atoms with Gasteiger partial charge < -0.3 is 55.6 Å². The second-order valence-electron chi connectivity index (χ2n) is 0.495. The van der Waals surface area contributed by atoms with Crippen LogP contribution < -0.4 is 0 Å². The standard InChI is InChI=1S/BF4.7H2O.Zn/c2-1(3,4)5;;;;;;;;/h;7*1H2;/q-1;;;;;;;;. The van der Waals surface area contributed by atoms with E-state index in [0.29, 0.717) is 0 Å². The van der Waals surface area contributed by atoms with Crippen LogP contribution in [0.25, 0.3) is 0 Å². The molecule has 13 heavy (non-hydrogen) atoms. The van der Waals surface area contributed by atoms with Gasteiger partial charge in [-0.2, -0.15) is 0 Å². The van der Waals surface area contributed by atoms with Crippen LogP contribution in [-0.4, -0.2) is 45.6 Å². The van der Waals surface area contributed by atoms with Crippen molar-refractivity contribution >= 4 is 7.25 Å². The molecule has 7 nitrogen and oxygen atoms in total. The molecule has 0 aliphatic rings. The van der Waals surface area contributed by atoms with E-state index in [1.165, 1.54) is 0 Å². The first kappa shape index (κ1) is 113. The summed E-state index contributed by atoms with van der Waals surface area (Å²) >= 11 is 0. The van der Waals surface area contributed by atoms with Crippen molar-refractivity contribution in [2.45, 2.75) is 0 Å². The molecule has 0 radical (unpaired) electrons. The van der Waals surface area contributed by atoms with Gasteiger partial charge in [0.25, 0.3) is 0 Å². The zero-order chi connectivity index (χ0) is 4.50. The summed E-state index contributed by atoms with van der Waals surface area (Å²) in [4.78, 5) is 0. The third-order valence-electron chi connectivity index (χ3n) is 0. The molecule has 0 fully saturated rings. The average Bonchev–Trinajstić information content (AvgIpc) is 0.722. The largest absolute Gasteiger partial charge is 0.673 e. The average molecular weight is 278 g/mol. The molecule has 0 aliphatic carbocycles. The van der Waals surface area contributed by atoms with E-state index in [0.717, 1.165) is 0 Å². The monoisotopic (exact) mass is 277 g/mol. The predicted molar refractivity (Wildman–Crippen MR) is 35.5 cm³/mol. The molecule has 0 atom stereocenters. The smallest absolute Gasteiger partial charge is 0.418 e. The summed E-state index contributed by atoms with van der Waals surface area (Å²) < 4.78 is 39.0. The van der Waals surface area contributed by atoms with Crippen LogP contribution in [-0.2, 0) is 19.5 Å². The summed E-state index contributed by atoms with van der Waals surface area (Å²) in [7, 11) is -6.00. The molecular formula is H14BF4O7Zn-. The first-order chi connectivity index (χ1) is 2.00. The predicted octanol–water partition coefficient (Wildman–Crippen LogP) is -4.48. The summed E-state index contributed by atoms with van der Waals surface area (Å²) in [6.07, 6.45) is 0. The van der Waals surface area contributed by atoms with Crippen LogP contribution in [0, 0.1) is 0 Å². The van der Waals surface area contributed by atoms with Crippen LogP contribution in [0.3, 0.4) is 0 Å². The fraction of sp³-hybridized carbons (Fsp3) is 0. The Kier molecular flexibility index (Phi) is 349. The van der Waals surface area contributed by atoms with Gasteiger partial charge in [-0.15, -0.1) is 0 Å². The summed E-state index contributed by atoms with van der Waals surface area (Å²) in [6, 6.07) is 0. The van der Waals surface area contributed by atoms with Crippen molar-refractivity contribution in [3.8, 4) is 0 Å². The van der Waals surface area contributed by atoms with Gasteiger partial charge in [0.05, 0.1) is 0 Å². The van der Waals surface area contributed by atoms with E-state index in [1.807, 2.05) is 0 Å². The Labute approximate surface area is 83.1 Å². The first-order valence-corrected chi connectivity index (χ1v) is 0.873. The minimum absolute atomic E-state index is 0. The van der Waals surface area contributed by atoms with Gasteiger partial charge >= 0.3 is 7.25 Å². The summed E-state index contributed by atoms with van der Waals surface area (Å²) in [5.74, 6) is 0. The van der Waals surface area contributed by atoms with E-state index in [2.05, 4.69) is 0 Å². The van der Waals surface area contributed by atoms with E-state index in [4.69, 9.17) is 0 Å². The Morgan fingerprint density at radius 1 is 0.462 bits per heavy atom. The normalized spacial score (nSPS) is 4.62. The van der Waals surface area contributed by atoms with Crippen LogP contribution in [0.1, 0.15) is 0 Å². The quantitative estimate of drug-likeness (QED) is 0.302. The molecule has 0 saturated heterocycles. The van der Waals surface area contributed by atoms with E-state index in [9.17, 15) is 17.3 Å². The van der Waals surface area contributed by atoms with Gasteiger partial charge in [-0.05, 0) is 0 Å². The van der Waals surface area contributed by atoms with E-state index < -0.39 is 7.25 Å². The Morgan fingerprint density at radius 3 is 0.462 bits per heavy atom. The zero-order valence-corrected chi connectivity index (χ0v) is 9.26. The molecule has 13 heteroatoms. The third-order valence-corrected chi connectivity index (χ3v) is 0. The maximum Gasteiger partial charge on any atom is 0.673 e. The minimum atomic E-state index is -6.00. The molecule has 0 unspecified atom stereocenters. The van der Waals surface area contributed by atoms with Crippen molar-refractivity contribution < 1.29 is 75.1 Å². The van der Waals surface area contributed by atoms with Crippen LogP contribution in [0.15, 0.2) is 0 Å². The van der Waals surface area contributed by atoms with Crippen molar-refractivity contribution in [3.63, 3.8) is 0 Å². The van der Waals surface area contributed by atoms with Crippen molar-refractivity contribution in [3.05, 3.63) is 0 Å². The molecule has 0 aliphatic heterocycles. The Bertz CT molecular complexity index is 36.0. The number of hydrogen-bond donors (Lipinski definition) is 0. The Hall–Kier alpha value is 0.128. The molecule has 0 bridgehead atoms. The third kappa shape index (κ3) is 75600. The van der Waals surface area contributed by atoms with Crippen molar-refractivity contribution in [1.82, 2.24) is 0 Å². The maximum atomic E-state index is 9.75. The van der Waals surface area contributed by atoms with Gasteiger partial charge in [0.15, 0.2) is 0 Å². The molecule has 0 aromatic heterocycles. The molecule has 14 N–H and O–H groups in total. The summed E-state index contributed by atoms with van der Waals surface area (Å²) in [5, 5.41) is 0. The van der Waals surface area contributed by atoms with E-state index >= 15 is 0 Å². The van der Waals surface area contributed by atoms with Crippen molar-refractivity contribution in [2.75, 3.05) is 0 Å². The second kappa shape index (κ2) is 40.0. The second-order valence-corrected chi connectivity index (χ2v) is 0.495.